The second-order valence-corrected chi connectivity index (χ2v) is 6.42. The first kappa shape index (κ1) is 15.1. The number of aryl methyl sites for hydroxylation is 1. The Labute approximate surface area is 128 Å². The number of para-hydroxylation sites is 1. The van der Waals surface area contributed by atoms with Gasteiger partial charge in [0.15, 0.2) is 5.15 Å². The molecule has 0 atom stereocenters. The van der Waals surface area contributed by atoms with Gasteiger partial charge in [-0.2, -0.15) is 0 Å². The van der Waals surface area contributed by atoms with Gasteiger partial charge in [0.2, 0.25) is 0 Å². The van der Waals surface area contributed by atoms with E-state index in [-0.39, 0.29) is 16.4 Å². The molecule has 0 amide bonds. The van der Waals surface area contributed by atoms with E-state index in [1.54, 1.807) is 0 Å². The van der Waals surface area contributed by atoms with E-state index in [0.717, 1.165) is 16.9 Å². The molecule has 0 saturated heterocycles. The van der Waals surface area contributed by atoms with Crippen LogP contribution < -0.4 is 4.74 Å². The quantitative estimate of drug-likeness (QED) is 0.766. The molecule has 0 N–H and O–H groups in total. The second kappa shape index (κ2) is 5.58. The predicted octanol–water partition coefficient (Wildman–Crippen LogP) is 5.18. The maximum absolute atomic E-state index is 6.09. The maximum Gasteiger partial charge on any atom is 0.257 e. The number of ether oxygens (including phenoxy) is 1. The zero-order valence-electron chi connectivity index (χ0n) is 11.9. The minimum Gasteiger partial charge on any atom is -0.436 e. The highest BCUT2D eigenvalue weighted by Gasteiger charge is 2.21. The van der Waals surface area contributed by atoms with Gasteiger partial charge in [0.25, 0.3) is 5.88 Å². The first-order chi connectivity index (χ1) is 9.29. The fourth-order valence-electron chi connectivity index (χ4n) is 1.88. The molecule has 0 spiro atoms. The SMILES string of the molecule is Cc1cccc(C(C)(C)C)c1Oc1nnc(Cl)cc1Cl. The summed E-state index contributed by atoms with van der Waals surface area (Å²) in [6.07, 6.45) is 0. The van der Waals surface area contributed by atoms with Crippen molar-refractivity contribution in [3.05, 3.63) is 45.6 Å². The first-order valence-electron chi connectivity index (χ1n) is 6.25. The topological polar surface area (TPSA) is 35.0 Å². The number of halogens is 2. The third-order valence-corrected chi connectivity index (χ3v) is 3.36. The lowest BCUT2D eigenvalue weighted by molar-refractivity contribution is 0.431. The minimum atomic E-state index is -0.0479. The Morgan fingerprint density at radius 3 is 2.40 bits per heavy atom. The van der Waals surface area contributed by atoms with Crippen molar-refractivity contribution in [2.45, 2.75) is 33.1 Å². The van der Waals surface area contributed by atoms with E-state index in [9.17, 15) is 0 Å². The lowest BCUT2D eigenvalue weighted by Gasteiger charge is -2.23. The summed E-state index contributed by atoms with van der Waals surface area (Å²) in [5.74, 6) is 1.02. The zero-order chi connectivity index (χ0) is 14.9. The van der Waals surface area contributed by atoms with Crippen molar-refractivity contribution in [2.75, 3.05) is 0 Å². The Bertz CT molecular complexity index is 636. The first-order valence-corrected chi connectivity index (χ1v) is 7.01. The molecule has 0 aliphatic heterocycles. The van der Waals surface area contributed by atoms with Crippen LogP contribution in [0, 0.1) is 6.92 Å². The molecule has 106 valence electrons. The number of rotatable bonds is 2. The standard InChI is InChI=1S/C15H16Cl2N2O/c1-9-6-5-7-10(15(2,3)4)13(9)20-14-11(16)8-12(17)18-19-14/h5-8H,1-4H3. The molecule has 0 fully saturated rings. The highest BCUT2D eigenvalue weighted by Crippen LogP contribution is 2.37. The maximum atomic E-state index is 6.09. The van der Waals surface area contributed by atoms with Crippen LogP contribution in [0.3, 0.4) is 0 Å². The Morgan fingerprint density at radius 1 is 1.10 bits per heavy atom. The van der Waals surface area contributed by atoms with Crippen molar-refractivity contribution in [1.29, 1.82) is 0 Å². The summed E-state index contributed by atoms with van der Waals surface area (Å²) in [4.78, 5) is 0. The molecule has 0 aliphatic rings. The van der Waals surface area contributed by atoms with Crippen molar-refractivity contribution in [3.8, 4) is 11.6 Å². The summed E-state index contributed by atoms with van der Waals surface area (Å²) in [6.45, 7) is 8.37. The molecule has 2 rings (SSSR count). The van der Waals surface area contributed by atoms with E-state index in [0.29, 0.717) is 5.02 Å². The molecule has 1 heterocycles. The molecular formula is C15H16Cl2N2O. The highest BCUT2D eigenvalue weighted by molar-refractivity contribution is 6.34. The molecule has 3 nitrogen and oxygen atoms in total. The Morgan fingerprint density at radius 2 is 1.80 bits per heavy atom. The van der Waals surface area contributed by atoms with Gasteiger partial charge in [-0.05, 0) is 17.9 Å². The van der Waals surface area contributed by atoms with E-state index in [4.69, 9.17) is 27.9 Å². The van der Waals surface area contributed by atoms with Crippen molar-refractivity contribution >= 4 is 23.2 Å². The Kier molecular flexibility index (Phi) is 4.21. The molecule has 0 saturated carbocycles. The number of nitrogens with zero attached hydrogens (tertiary/aromatic N) is 2. The third-order valence-electron chi connectivity index (χ3n) is 2.91. The smallest absolute Gasteiger partial charge is 0.257 e. The van der Waals surface area contributed by atoms with Crippen LogP contribution in [0.2, 0.25) is 10.2 Å². The summed E-state index contributed by atoms with van der Waals surface area (Å²) in [5, 5.41) is 8.24. The average Bonchev–Trinajstić information content (AvgIpc) is 2.33. The van der Waals surface area contributed by atoms with Crippen LogP contribution in [0.1, 0.15) is 31.9 Å². The van der Waals surface area contributed by atoms with Gasteiger partial charge in [-0.15, -0.1) is 10.2 Å². The lowest BCUT2D eigenvalue weighted by Crippen LogP contribution is -2.13. The van der Waals surface area contributed by atoms with Gasteiger partial charge in [0.1, 0.15) is 10.8 Å². The van der Waals surface area contributed by atoms with Gasteiger partial charge in [0.05, 0.1) is 0 Å². The van der Waals surface area contributed by atoms with Crippen LogP contribution in [-0.4, -0.2) is 10.2 Å². The minimum absolute atomic E-state index is 0.0479. The van der Waals surface area contributed by atoms with E-state index in [2.05, 4.69) is 31.0 Å². The Hall–Kier alpha value is -1.32. The zero-order valence-corrected chi connectivity index (χ0v) is 13.4. The fourth-order valence-corrected chi connectivity index (χ4v) is 2.26. The van der Waals surface area contributed by atoms with Crippen LogP contribution in [0.4, 0.5) is 0 Å². The second-order valence-electron chi connectivity index (χ2n) is 5.62. The molecule has 20 heavy (non-hydrogen) atoms. The predicted molar refractivity (Wildman–Crippen MR) is 82.0 cm³/mol. The van der Waals surface area contributed by atoms with E-state index in [1.807, 2.05) is 25.1 Å². The monoisotopic (exact) mass is 310 g/mol. The summed E-state index contributed by atoms with van der Waals surface area (Å²) in [6, 6.07) is 7.56. The van der Waals surface area contributed by atoms with Crippen molar-refractivity contribution < 1.29 is 4.74 Å². The molecule has 0 radical (unpaired) electrons. The molecule has 0 unspecified atom stereocenters. The van der Waals surface area contributed by atoms with E-state index < -0.39 is 0 Å². The lowest BCUT2D eigenvalue weighted by atomic mass is 9.85. The van der Waals surface area contributed by atoms with E-state index in [1.165, 1.54) is 6.07 Å². The normalized spacial score (nSPS) is 11.5. The largest absolute Gasteiger partial charge is 0.436 e. The van der Waals surface area contributed by atoms with Gasteiger partial charge in [0, 0.05) is 11.6 Å². The number of aromatic nitrogens is 2. The highest BCUT2D eigenvalue weighted by atomic mass is 35.5. The summed E-state index contributed by atoms with van der Waals surface area (Å²) in [5.41, 5.74) is 2.06. The van der Waals surface area contributed by atoms with Crippen LogP contribution in [0.25, 0.3) is 0 Å². The Balaban J connectivity index is 2.48. The molecule has 0 aliphatic carbocycles. The van der Waals surface area contributed by atoms with Gasteiger partial charge in [-0.3, -0.25) is 0 Å². The average molecular weight is 311 g/mol. The summed E-state index contributed by atoms with van der Waals surface area (Å²) < 4.78 is 5.89. The van der Waals surface area contributed by atoms with Crippen LogP contribution in [0.15, 0.2) is 24.3 Å². The molecular weight excluding hydrogens is 295 g/mol. The molecule has 0 bridgehead atoms. The number of hydrogen-bond donors (Lipinski definition) is 0. The van der Waals surface area contributed by atoms with Gasteiger partial charge in [-0.1, -0.05) is 62.2 Å². The van der Waals surface area contributed by atoms with Crippen LogP contribution >= 0.6 is 23.2 Å². The van der Waals surface area contributed by atoms with Gasteiger partial charge in [-0.25, -0.2) is 0 Å². The summed E-state index contributed by atoms with van der Waals surface area (Å²) >= 11 is 11.8. The van der Waals surface area contributed by atoms with E-state index >= 15 is 0 Å². The molecule has 2 aromatic rings. The van der Waals surface area contributed by atoms with Gasteiger partial charge >= 0.3 is 0 Å². The molecule has 1 aromatic heterocycles. The number of benzene rings is 1. The van der Waals surface area contributed by atoms with Gasteiger partial charge < -0.3 is 4.74 Å². The number of hydrogen-bond acceptors (Lipinski definition) is 3. The van der Waals surface area contributed by atoms with Crippen molar-refractivity contribution in [2.24, 2.45) is 0 Å². The van der Waals surface area contributed by atoms with Crippen molar-refractivity contribution in [1.82, 2.24) is 10.2 Å². The summed E-state index contributed by atoms with van der Waals surface area (Å²) in [7, 11) is 0. The molecule has 5 heteroatoms. The third kappa shape index (κ3) is 3.22. The van der Waals surface area contributed by atoms with Crippen LogP contribution in [0.5, 0.6) is 11.6 Å². The van der Waals surface area contributed by atoms with Crippen LogP contribution in [-0.2, 0) is 5.41 Å². The van der Waals surface area contributed by atoms with Crippen molar-refractivity contribution in [3.63, 3.8) is 0 Å². The molecule has 1 aromatic carbocycles. The fraction of sp³-hybridized carbons (Fsp3) is 0.333.